The minimum Gasteiger partial charge on any atom is -0.497 e. The summed E-state index contributed by atoms with van der Waals surface area (Å²) in [6.07, 6.45) is 2.77. The Morgan fingerprint density at radius 3 is 2.62 bits per heavy atom. The molecule has 0 spiro atoms. The number of benzene rings is 1. The first-order chi connectivity index (χ1) is 10.2. The zero-order valence-electron chi connectivity index (χ0n) is 12.1. The summed E-state index contributed by atoms with van der Waals surface area (Å²) in [5, 5.41) is 5.19. The van der Waals surface area contributed by atoms with Crippen LogP contribution in [0.1, 0.15) is 23.3 Å². The largest absolute Gasteiger partial charge is 0.497 e. The summed E-state index contributed by atoms with van der Waals surface area (Å²) in [4.78, 5) is 13.5. The van der Waals surface area contributed by atoms with Crippen LogP contribution in [0.5, 0.6) is 5.75 Å². The smallest absolute Gasteiger partial charge is 0.224 e. The van der Waals surface area contributed by atoms with E-state index in [4.69, 9.17) is 4.74 Å². The quantitative estimate of drug-likeness (QED) is 0.890. The zero-order chi connectivity index (χ0) is 14.7. The SMILES string of the molecule is COc1ccc(CC(=O)NCC2(c3cccs3)CC2)cc1. The van der Waals surface area contributed by atoms with Crippen LogP contribution in [0.2, 0.25) is 0 Å². The van der Waals surface area contributed by atoms with E-state index in [1.807, 2.05) is 24.3 Å². The van der Waals surface area contributed by atoms with Gasteiger partial charge in [-0.2, -0.15) is 0 Å². The van der Waals surface area contributed by atoms with E-state index in [-0.39, 0.29) is 11.3 Å². The van der Waals surface area contributed by atoms with Crippen LogP contribution in [0.3, 0.4) is 0 Å². The Hall–Kier alpha value is -1.81. The van der Waals surface area contributed by atoms with Crippen LogP contribution < -0.4 is 10.1 Å². The Kier molecular flexibility index (Phi) is 3.97. The van der Waals surface area contributed by atoms with Crippen LogP contribution in [-0.2, 0) is 16.6 Å². The van der Waals surface area contributed by atoms with E-state index in [2.05, 4.69) is 22.8 Å². The summed E-state index contributed by atoms with van der Waals surface area (Å²) in [6, 6.07) is 11.9. The van der Waals surface area contributed by atoms with Crippen molar-refractivity contribution in [3.05, 3.63) is 52.2 Å². The standard InChI is InChI=1S/C17H19NO2S/c1-20-14-6-4-13(5-7-14)11-16(19)18-12-17(8-9-17)15-3-2-10-21-15/h2-7,10H,8-9,11-12H2,1H3,(H,18,19). The van der Waals surface area contributed by atoms with Crippen molar-refractivity contribution in [2.75, 3.05) is 13.7 Å². The molecule has 1 saturated carbocycles. The molecule has 1 fully saturated rings. The fourth-order valence-electron chi connectivity index (χ4n) is 2.50. The maximum absolute atomic E-state index is 12.1. The molecule has 1 N–H and O–H groups in total. The highest BCUT2D eigenvalue weighted by molar-refractivity contribution is 7.10. The molecule has 1 aliphatic carbocycles. The van der Waals surface area contributed by atoms with E-state index in [1.54, 1.807) is 18.4 Å². The molecular formula is C17H19NO2S. The van der Waals surface area contributed by atoms with Gasteiger partial charge in [-0.05, 0) is 42.0 Å². The van der Waals surface area contributed by atoms with Crippen molar-refractivity contribution in [1.29, 1.82) is 0 Å². The van der Waals surface area contributed by atoms with Gasteiger partial charge < -0.3 is 10.1 Å². The highest BCUT2D eigenvalue weighted by atomic mass is 32.1. The van der Waals surface area contributed by atoms with Crippen molar-refractivity contribution >= 4 is 17.2 Å². The summed E-state index contributed by atoms with van der Waals surface area (Å²) in [5.41, 5.74) is 1.22. The van der Waals surface area contributed by atoms with Crippen LogP contribution in [-0.4, -0.2) is 19.6 Å². The Morgan fingerprint density at radius 1 is 1.29 bits per heavy atom. The molecular weight excluding hydrogens is 282 g/mol. The third-order valence-electron chi connectivity index (χ3n) is 4.05. The summed E-state index contributed by atoms with van der Waals surface area (Å²) in [6.45, 7) is 0.752. The normalized spacial score (nSPS) is 15.5. The van der Waals surface area contributed by atoms with Gasteiger partial charge in [-0.15, -0.1) is 11.3 Å². The Bertz CT molecular complexity index is 600. The number of methoxy groups -OCH3 is 1. The van der Waals surface area contributed by atoms with Crippen molar-refractivity contribution in [3.63, 3.8) is 0 Å². The molecule has 0 radical (unpaired) electrons. The van der Waals surface area contributed by atoms with E-state index in [1.165, 1.54) is 17.7 Å². The first-order valence-electron chi connectivity index (χ1n) is 7.15. The van der Waals surface area contributed by atoms with Gasteiger partial charge in [0.1, 0.15) is 5.75 Å². The van der Waals surface area contributed by atoms with Gasteiger partial charge in [0.2, 0.25) is 5.91 Å². The molecule has 0 bridgehead atoms. The Labute approximate surface area is 129 Å². The molecule has 3 nitrogen and oxygen atoms in total. The molecule has 0 atom stereocenters. The third-order valence-corrected chi connectivity index (χ3v) is 5.16. The minimum atomic E-state index is 0.0861. The number of hydrogen-bond donors (Lipinski definition) is 1. The first kappa shape index (κ1) is 14.1. The van der Waals surface area contributed by atoms with E-state index in [9.17, 15) is 4.79 Å². The molecule has 1 aliphatic rings. The second-order valence-corrected chi connectivity index (χ2v) is 6.51. The lowest BCUT2D eigenvalue weighted by atomic mass is 10.1. The van der Waals surface area contributed by atoms with E-state index >= 15 is 0 Å². The molecule has 0 saturated heterocycles. The number of amides is 1. The van der Waals surface area contributed by atoms with Gasteiger partial charge >= 0.3 is 0 Å². The van der Waals surface area contributed by atoms with Crippen molar-refractivity contribution in [1.82, 2.24) is 5.32 Å². The predicted octanol–water partition coefficient (Wildman–Crippen LogP) is 3.15. The number of nitrogens with one attached hydrogen (secondary N) is 1. The van der Waals surface area contributed by atoms with Gasteiger partial charge in [0.25, 0.3) is 0 Å². The topological polar surface area (TPSA) is 38.3 Å². The highest BCUT2D eigenvalue weighted by Gasteiger charge is 2.45. The van der Waals surface area contributed by atoms with E-state index in [0.29, 0.717) is 6.42 Å². The third kappa shape index (κ3) is 3.27. The monoisotopic (exact) mass is 301 g/mol. The van der Waals surface area contributed by atoms with Gasteiger partial charge in [0.05, 0.1) is 13.5 Å². The number of rotatable bonds is 6. The van der Waals surface area contributed by atoms with Gasteiger partial charge in [0, 0.05) is 16.8 Å². The second-order valence-electron chi connectivity index (χ2n) is 5.56. The maximum atomic E-state index is 12.1. The first-order valence-corrected chi connectivity index (χ1v) is 8.03. The Morgan fingerprint density at radius 2 is 2.05 bits per heavy atom. The molecule has 1 heterocycles. The molecule has 1 aromatic carbocycles. The second kappa shape index (κ2) is 5.90. The average Bonchev–Trinajstić information content (AvgIpc) is 3.09. The molecule has 0 unspecified atom stereocenters. The summed E-state index contributed by atoms with van der Waals surface area (Å²) in [5.74, 6) is 0.900. The zero-order valence-corrected chi connectivity index (χ0v) is 12.9. The molecule has 4 heteroatoms. The highest BCUT2D eigenvalue weighted by Crippen LogP contribution is 2.49. The van der Waals surface area contributed by atoms with Crippen LogP contribution in [0.25, 0.3) is 0 Å². The van der Waals surface area contributed by atoms with E-state index < -0.39 is 0 Å². The molecule has 1 aromatic heterocycles. The van der Waals surface area contributed by atoms with Crippen LogP contribution in [0, 0.1) is 0 Å². The molecule has 2 aromatic rings. The van der Waals surface area contributed by atoms with Crippen LogP contribution in [0.4, 0.5) is 0 Å². The number of thiophene rings is 1. The van der Waals surface area contributed by atoms with Crippen molar-refractivity contribution in [2.24, 2.45) is 0 Å². The van der Waals surface area contributed by atoms with Crippen molar-refractivity contribution in [2.45, 2.75) is 24.7 Å². The van der Waals surface area contributed by atoms with Crippen molar-refractivity contribution < 1.29 is 9.53 Å². The summed E-state index contributed by atoms with van der Waals surface area (Å²) in [7, 11) is 1.64. The van der Waals surface area contributed by atoms with Crippen molar-refractivity contribution in [3.8, 4) is 5.75 Å². The molecule has 110 valence electrons. The molecule has 0 aliphatic heterocycles. The number of carbonyl (C=O) groups excluding carboxylic acids is 1. The van der Waals surface area contributed by atoms with Crippen LogP contribution >= 0.6 is 11.3 Å². The van der Waals surface area contributed by atoms with Gasteiger partial charge in [-0.25, -0.2) is 0 Å². The molecule has 1 amide bonds. The minimum absolute atomic E-state index is 0.0861. The number of hydrogen-bond acceptors (Lipinski definition) is 3. The van der Waals surface area contributed by atoms with Crippen LogP contribution in [0.15, 0.2) is 41.8 Å². The number of ether oxygens (including phenoxy) is 1. The number of carbonyl (C=O) groups is 1. The summed E-state index contributed by atoms with van der Waals surface area (Å²) < 4.78 is 5.12. The molecule has 3 rings (SSSR count). The fraction of sp³-hybridized carbons (Fsp3) is 0.353. The lowest BCUT2D eigenvalue weighted by Gasteiger charge is -2.14. The van der Waals surface area contributed by atoms with Gasteiger partial charge in [-0.3, -0.25) is 4.79 Å². The summed E-state index contributed by atoms with van der Waals surface area (Å²) >= 11 is 1.79. The lowest BCUT2D eigenvalue weighted by molar-refractivity contribution is -0.120. The lowest BCUT2D eigenvalue weighted by Crippen LogP contribution is -2.32. The average molecular weight is 301 g/mol. The van der Waals surface area contributed by atoms with Gasteiger partial charge in [-0.1, -0.05) is 18.2 Å². The van der Waals surface area contributed by atoms with Gasteiger partial charge in [0.15, 0.2) is 0 Å². The maximum Gasteiger partial charge on any atom is 0.224 e. The molecule has 21 heavy (non-hydrogen) atoms. The van der Waals surface area contributed by atoms with E-state index in [0.717, 1.165) is 17.9 Å². The Balaban J connectivity index is 1.52. The predicted molar refractivity (Wildman–Crippen MR) is 84.9 cm³/mol. The fourth-order valence-corrected chi connectivity index (χ4v) is 3.49.